The molecular formula is C20H21FN2O3S2. The molecule has 0 N–H and O–H groups in total. The number of hydrogen-bond acceptors (Lipinski definition) is 6. The summed E-state index contributed by atoms with van der Waals surface area (Å²) in [5.41, 5.74) is 1.03. The van der Waals surface area contributed by atoms with Gasteiger partial charge in [-0.25, -0.2) is 9.37 Å². The number of fused-ring (bicyclic) bond motifs is 1. The molecule has 0 amide bonds. The van der Waals surface area contributed by atoms with Crippen LogP contribution in [-0.2, 0) is 0 Å². The molecule has 28 heavy (non-hydrogen) atoms. The van der Waals surface area contributed by atoms with Crippen LogP contribution in [-0.4, -0.2) is 28.2 Å². The van der Waals surface area contributed by atoms with Crippen molar-refractivity contribution >= 4 is 39.1 Å². The van der Waals surface area contributed by atoms with Crippen molar-refractivity contribution in [2.45, 2.75) is 38.9 Å². The maximum Gasteiger partial charge on any atom is 0.263 e. The molecule has 0 atom stereocenters. The number of aryl methyl sites for hydroxylation is 2. The van der Waals surface area contributed by atoms with Crippen LogP contribution in [0.3, 0.4) is 0 Å². The molecule has 0 spiro atoms. The minimum atomic E-state index is -0.502. The maximum absolute atomic E-state index is 13.6. The predicted octanol–water partition coefficient (Wildman–Crippen LogP) is 4.78. The summed E-state index contributed by atoms with van der Waals surface area (Å²) in [5.74, 6) is -0.448. The van der Waals surface area contributed by atoms with Crippen LogP contribution >= 0.6 is 23.1 Å². The summed E-state index contributed by atoms with van der Waals surface area (Å²) >= 11 is 2.65. The van der Waals surface area contributed by atoms with Crippen LogP contribution in [0, 0.1) is 19.7 Å². The highest BCUT2D eigenvalue weighted by atomic mass is 32.2. The molecule has 2 aromatic heterocycles. The largest absolute Gasteiger partial charge is 0.496 e. The Bertz CT molecular complexity index is 1120. The summed E-state index contributed by atoms with van der Waals surface area (Å²) in [6.45, 7) is 7.71. The topological polar surface area (TPSA) is 61.2 Å². The van der Waals surface area contributed by atoms with Crippen molar-refractivity contribution in [3.05, 3.63) is 50.4 Å². The zero-order valence-corrected chi connectivity index (χ0v) is 18.0. The average molecular weight is 421 g/mol. The monoisotopic (exact) mass is 420 g/mol. The van der Waals surface area contributed by atoms with E-state index in [0.717, 1.165) is 10.4 Å². The Labute approximate surface area is 170 Å². The molecule has 0 saturated heterocycles. The van der Waals surface area contributed by atoms with E-state index >= 15 is 0 Å². The van der Waals surface area contributed by atoms with Crippen molar-refractivity contribution in [2.75, 3.05) is 12.9 Å². The van der Waals surface area contributed by atoms with Gasteiger partial charge in [0.15, 0.2) is 10.9 Å². The molecule has 2 heterocycles. The van der Waals surface area contributed by atoms with E-state index in [4.69, 9.17) is 4.74 Å². The standard InChI is InChI=1S/C20H21FN2O3S2/c1-10(2)23-19(25)17-11(3)12(4)28-18(17)22-20(23)27-9-15(24)14-8-13(21)6-7-16(14)26-5/h6-8,10H,9H2,1-5H3. The number of nitrogens with zero attached hydrogens (tertiary/aromatic N) is 2. The smallest absolute Gasteiger partial charge is 0.263 e. The van der Waals surface area contributed by atoms with E-state index in [1.807, 2.05) is 27.7 Å². The highest BCUT2D eigenvalue weighted by Gasteiger charge is 2.20. The first-order chi connectivity index (χ1) is 13.2. The Morgan fingerprint density at radius 1 is 1.36 bits per heavy atom. The second kappa shape index (κ2) is 8.05. The van der Waals surface area contributed by atoms with Gasteiger partial charge in [0.2, 0.25) is 0 Å². The molecule has 0 unspecified atom stereocenters. The summed E-state index contributed by atoms with van der Waals surface area (Å²) in [4.78, 5) is 32.1. The van der Waals surface area contributed by atoms with Gasteiger partial charge in [-0.3, -0.25) is 14.2 Å². The van der Waals surface area contributed by atoms with Crippen molar-refractivity contribution < 1.29 is 13.9 Å². The van der Waals surface area contributed by atoms with Gasteiger partial charge >= 0.3 is 0 Å². The zero-order chi connectivity index (χ0) is 20.6. The van der Waals surface area contributed by atoms with E-state index in [0.29, 0.717) is 21.1 Å². The fourth-order valence-corrected chi connectivity index (χ4v) is 5.03. The Kier molecular flexibility index (Phi) is 5.90. The fourth-order valence-electron chi connectivity index (χ4n) is 2.95. The normalized spacial score (nSPS) is 11.4. The zero-order valence-electron chi connectivity index (χ0n) is 16.3. The van der Waals surface area contributed by atoms with Crippen LogP contribution in [0.5, 0.6) is 5.75 Å². The molecule has 148 valence electrons. The van der Waals surface area contributed by atoms with Gasteiger partial charge in [-0.05, 0) is 51.5 Å². The molecule has 0 bridgehead atoms. The lowest BCUT2D eigenvalue weighted by molar-refractivity contribution is 0.101. The van der Waals surface area contributed by atoms with Crippen LogP contribution in [0.25, 0.3) is 10.2 Å². The third-order valence-electron chi connectivity index (χ3n) is 4.51. The number of carbonyl (C=O) groups is 1. The first-order valence-corrected chi connectivity index (χ1v) is 10.6. The number of thioether (sulfide) groups is 1. The van der Waals surface area contributed by atoms with Crippen molar-refractivity contribution in [2.24, 2.45) is 0 Å². The molecule has 0 aliphatic heterocycles. The van der Waals surface area contributed by atoms with Gasteiger partial charge < -0.3 is 4.74 Å². The molecule has 3 rings (SSSR count). The summed E-state index contributed by atoms with van der Waals surface area (Å²) < 4.78 is 20.3. The van der Waals surface area contributed by atoms with Crippen molar-refractivity contribution in [1.82, 2.24) is 9.55 Å². The van der Waals surface area contributed by atoms with E-state index in [1.54, 1.807) is 4.57 Å². The fraction of sp³-hybridized carbons (Fsp3) is 0.350. The average Bonchev–Trinajstić information content (AvgIpc) is 2.93. The first kappa shape index (κ1) is 20.5. The SMILES string of the molecule is COc1ccc(F)cc1C(=O)CSc1nc2sc(C)c(C)c2c(=O)n1C(C)C. The number of ether oxygens (including phenoxy) is 1. The number of hydrogen-bond donors (Lipinski definition) is 0. The molecule has 0 aliphatic carbocycles. The highest BCUT2D eigenvalue weighted by Crippen LogP contribution is 2.30. The first-order valence-electron chi connectivity index (χ1n) is 8.76. The molecule has 1 aromatic carbocycles. The maximum atomic E-state index is 13.6. The summed E-state index contributed by atoms with van der Waals surface area (Å²) in [6.07, 6.45) is 0. The van der Waals surface area contributed by atoms with Crippen molar-refractivity contribution in [3.8, 4) is 5.75 Å². The highest BCUT2D eigenvalue weighted by molar-refractivity contribution is 7.99. The summed E-state index contributed by atoms with van der Waals surface area (Å²) in [6, 6.07) is 3.74. The molecule has 0 fully saturated rings. The van der Waals surface area contributed by atoms with Crippen molar-refractivity contribution in [1.29, 1.82) is 0 Å². The summed E-state index contributed by atoms with van der Waals surface area (Å²) in [7, 11) is 1.44. The lowest BCUT2D eigenvalue weighted by Crippen LogP contribution is -2.25. The van der Waals surface area contributed by atoms with Crippen LogP contribution in [0.15, 0.2) is 28.2 Å². The molecule has 0 saturated carbocycles. The second-order valence-corrected chi connectivity index (χ2v) is 8.83. The number of ketones is 1. The number of rotatable bonds is 6. The quantitative estimate of drug-likeness (QED) is 0.326. The molecule has 0 aliphatic rings. The molecule has 5 nitrogen and oxygen atoms in total. The number of aromatic nitrogens is 2. The van der Waals surface area contributed by atoms with Crippen LogP contribution in [0.1, 0.15) is 40.7 Å². The van der Waals surface area contributed by atoms with Gasteiger partial charge in [-0.1, -0.05) is 11.8 Å². The number of carbonyl (C=O) groups excluding carboxylic acids is 1. The number of thiophene rings is 1. The minimum absolute atomic E-state index is 0.0216. The lowest BCUT2D eigenvalue weighted by Gasteiger charge is -2.15. The number of benzene rings is 1. The van der Waals surface area contributed by atoms with E-state index < -0.39 is 5.82 Å². The minimum Gasteiger partial charge on any atom is -0.496 e. The van der Waals surface area contributed by atoms with Crippen LogP contribution < -0.4 is 10.3 Å². The van der Waals surface area contributed by atoms with E-state index in [2.05, 4.69) is 4.98 Å². The molecule has 8 heteroatoms. The summed E-state index contributed by atoms with van der Waals surface area (Å²) in [5, 5.41) is 1.12. The molecule has 0 radical (unpaired) electrons. The number of halogens is 1. The van der Waals surface area contributed by atoms with Gasteiger partial charge in [0, 0.05) is 10.9 Å². The number of methoxy groups -OCH3 is 1. The van der Waals surface area contributed by atoms with E-state index in [9.17, 15) is 14.0 Å². The third-order valence-corrected chi connectivity index (χ3v) is 6.57. The molecule has 3 aromatic rings. The lowest BCUT2D eigenvalue weighted by atomic mass is 10.1. The number of Topliss-reactive ketones (excluding diaryl/α,β-unsaturated/α-hetero) is 1. The van der Waals surface area contributed by atoms with Gasteiger partial charge in [0.1, 0.15) is 16.4 Å². The Hall–Kier alpha value is -2.19. The Morgan fingerprint density at radius 3 is 2.71 bits per heavy atom. The van der Waals surface area contributed by atoms with Crippen molar-refractivity contribution in [3.63, 3.8) is 0 Å². The molecular weight excluding hydrogens is 399 g/mol. The second-order valence-electron chi connectivity index (χ2n) is 6.68. The third kappa shape index (κ3) is 3.71. The van der Waals surface area contributed by atoms with Gasteiger partial charge in [-0.15, -0.1) is 11.3 Å². The van der Waals surface area contributed by atoms with E-state index in [-0.39, 0.29) is 28.7 Å². The van der Waals surface area contributed by atoms with Crippen LogP contribution in [0.4, 0.5) is 4.39 Å². The van der Waals surface area contributed by atoms with Gasteiger partial charge in [0.25, 0.3) is 5.56 Å². The van der Waals surface area contributed by atoms with Crippen LogP contribution in [0.2, 0.25) is 0 Å². The predicted molar refractivity (Wildman–Crippen MR) is 112 cm³/mol. The van der Waals surface area contributed by atoms with Gasteiger partial charge in [0.05, 0.1) is 23.8 Å². The Morgan fingerprint density at radius 2 is 2.07 bits per heavy atom. The van der Waals surface area contributed by atoms with Gasteiger partial charge in [-0.2, -0.15) is 0 Å². The Balaban J connectivity index is 1.99. The van der Waals surface area contributed by atoms with E-state index in [1.165, 1.54) is 48.4 Å².